The van der Waals surface area contributed by atoms with E-state index in [2.05, 4.69) is 10.3 Å². The number of amides is 1. The fraction of sp³-hybridized carbons (Fsp3) is 0.0417. The highest BCUT2D eigenvalue weighted by molar-refractivity contribution is 6.47. The van der Waals surface area contributed by atoms with Gasteiger partial charge in [0.05, 0.1) is 17.4 Å². The molecule has 1 N–H and O–H groups in total. The summed E-state index contributed by atoms with van der Waals surface area (Å²) in [6, 6.07) is 22.6. The van der Waals surface area contributed by atoms with Crippen LogP contribution in [0.4, 0.5) is 5.69 Å². The number of hydrogen-bond donors (Lipinski definition) is 1. The number of ketones is 1. The van der Waals surface area contributed by atoms with Gasteiger partial charge in [-0.3, -0.25) is 9.59 Å². The van der Waals surface area contributed by atoms with Crippen molar-refractivity contribution in [2.45, 2.75) is 0 Å². The predicted molar refractivity (Wildman–Crippen MR) is 117 cm³/mol. The van der Waals surface area contributed by atoms with Gasteiger partial charge in [-0.25, -0.2) is 4.98 Å². The number of rotatable bonds is 4. The Hall–Kier alpha value is -4.19. The van der Waals surface area contributed by atoms with Crippen molar-refractivity contribution in [3.8, 4) is 11.1 Å². The number of imidazole rings is 1. The van der Waals surface area contributed by atoms with Crippen molar-refractivity contribution in [3.63, 3.8) is 0 Å². The monoisotopic (exact) mass is 394 g/mol. The zero-order chi connectivity index (χ0) is 20.7. The second kappa shape index (κ2) is 7.00. The molecule has 0 saturated carbocycles. The largest absolute Gasteiger partial charge is 0.334 e. The first-order valence-corrected chi connectivity index (χ1v) is 9.54. The zero-order valence-corrected chi connectivity index (χ0v) is 16.2. The molecule has 5 rings (SSSR count). The van der Waals surface area contributed by atoms with Gasteiger partial charge in [0.2, 0.25) is 0 Å². The lowest BCUT2D eigenvalue weighted by Crippen LogP contribution is -2.24. The Balaban J connectivity index is 1.54. The molecule has 5 aromatic rings. The van der Waals surface area contributed by atoms with Crippen LogP contribution < -0.4 is 5.32 Å². The molecule has 146 valence electrons. The van der Waals surface area contributed by atoms with Crippen LogP contribution in [0, 0.1) is 0 Å². The standard InChI is InChI=1S/C24H18N4O2/c1-27-15-25-20-13-17(10-11-21(20)27)26-24(30)23(29)22-19(16-7-3-2-4-8-16)14-18-9-5-6-12-28(18)22/h2-15H,1H3,(H,26,30). The van der Waals surface area contributed by atoms with E-state index in [1.54, 1.807) is 29.1 Å². The molecule has 0 unspecified atom stereocenters. The summed E-state index contributed by atoms with van der Waals surface area (Å²) in [5.74, 6) is -1.28. The van der Waals surface area contributed by atoms with Crippen molar-refractivity contribution in [3.05, 3.63) is 91.0 Å². The molecule has 0 aliphatic carbocycles. The minimum Gasteiger partial charge on any atom is -0.334 e. The minimum absolute atomic E-state index is 0.341. The number of aryl methyl sites for hydroxylation is 1. The number of pyridine rings is 1. The quantitative estimate of drug-likeness (QED) is 0.365. The normalized spacial score (nSPS) is 11.1. The molecule has 6 heteroatoms. The van der Waals surface area contributed by atoms with Gasteiger partial charge in [-0.05, 0) is 42.0 Å². The summed E-state index contributed by atoms with van der Waals surface area (Å²) in [6.45, 7) is 0. The van der Waals surface area contributed by atoms with E-state index in [1.807, 2.05) is 72.3 Å². The molecule has 1 amide bonds. The average Bonchev–Trinajstić information content (AvgIpc) is 3.34. The Morgan fingerprint density at radius 3 is 2.57 bits per heavy atom. The van der Waals surface area contributed by atoms with E-state index in [4.69, 9.17) is 0 Å². The van der Waals surface area contributed by atoms with Crippen LogP contribution in [0.2, 0.25) is 0 Å². The maximum atomic E-state index is 13.2. The lowest BCUT2D eigenvalue weighted by molar-refractivity contribution is -0.112. The number of nitrogens with zero attached hydrogens (tertiary/aromatic N) is 3. The zero-order valence-electron chi connectivity index (χ0n) is 16.2. The van der Waals surface area contributed by atoms with Crippen molar-refractivity contribution < 1.29 is 9.59 Å². The molecular weight excluding hydrogens is 376 g/mol. The van der Waals surface area contributed by atoms with Gasteiger partial charge in [-0.15, -0.1) is 0 Å². The Morgan fingerprint density at radius 2 is 1.73 bits per heavy atom. The van der Waals surface area contributed by atoms with Crippen LogP contribution in [0.25, 0.3) is 27.7 Å². The SMILES string of the molecule is Cn1cnc2cc(NC(=O)C(=O)c3c(-c4ccccc4)cc4ccccn34)ccc21. The van der Waals surface area contributed by atoms with Crippen LogP contribution in [0.15, 0.2) is 85.3 Å². The lowest BCUT2D eigenvalue weighted by atomic mass is 10.0. The average molecular weight is 394 g/mol. The number of Topliss-reactive ketones (excluding diaryl/α,β-unsaturated/α-hetero) is 1. The Labute approximate surface area is 172 Å². The molecule has 0 aliphatic heterocycles. The highest BCUT2D eigenvalue weighted by Crippen LogP contribution is 2.28. The molecule has 0 saturated heterocycles. The van der Waals surface area contributed by atoms with Crippen molar-refractivity contribution in [1.82, 2.24) is 14.0 Å². The molecule has 30 heavy (non-hydrogen) atoms. The van der Waals surface area contributed by atoms with E-state index in [1.165, 1.54) is 0 Å². The number of fused-ring (bicyclic) bond motifs is 2. The summed E-state index contributed by atoms with van der Waals surface area (Å²) in [7, 11) is 1.90. The molecule has 6 nitrogen and oxygen atoms in total. The van der Waals surface area contributed by atoms with E-state index >= 15 is 0 Å². The van der Waals surface area contributed by atoms with Crippen LogP contribution >= 0.6 is 0 Å². The molecule has 0 bridgehead atoms. The Bertz CT molecular complexity index is 1410. The fourth-order valence-corrected chi connectivity index (χ4v) is 3.70. The van der Waals surface area contributed by atoms with Gasteiger partial charge in [0.25, 0.3) is 11.7 Å². The third-order valence-electron chi connectivity index (χ3n) is 5.17. The first kappa shape index (κ1) is 17.9. The van der Waals surface area contributed by atoms with Gasteiger partial charge >= 0.3 is 0 Å². The highest BCUT2D eigenvalue weighted by atomic mass is 16.2. The van der Waals surface area contributed by atoms with Crippen molar-refractivity contribution in [1.29, 1.82) is 0 Å². The number of hydrogen-bond acceptors (Lipinski definition) is 3. The molecule has 0 fully saturated rings. The first-order valence-electron chi connectivity index (χ1n) is 9.54. The topological polar surface area (TPSA) is 68.4 Å². The maximum Gasteiger partial charge on any atom is 0.298 e. The lowest BCUT2D eigenvalue weighted by Gasteiger charge is -2.08. The summed E-state index contributed by atoms with van der Waals surface area (Å²) in [5.41, 5.74) is 5.02. The number of carbonyl (C=O) groups is 2. The van der Waals surface area contributed by atoms with Crippen molar-refractivity contribution >= 4 is 33.9 Å². The fourth-order valence-electron chi connectivity index (χ4n) is 3.70. The predicted octanol–water partition coefficient (Wildman–Crippen LogP) is 4.31. The van der Waals surface area contributed by atoms with Gasteiger partial charge in [0.15, 0.2) is 0 Å². The van der Waals surface area contributed by atoms with Gasteiger partial charge in [0, 0.05) is 30.0 Å². The summed E-state index contributed by atoms with van der Waals surface area (Å²) >= 11 is 0. The van der Waals surface area contributed by atoms with E-state index < -0.39 is 11.7 Å². The van der Waals surface area contributed by atoms with Crippen LogP contribution in [0.5, 0.6) is 0 Å². The second-order valence-corrected chi connectivity index (χ2v) is 7.11. The number of benzene rings is 2. The summed E-state index contributed by atoms with van der Waals surface area (Å²) < 4.78 is 3.65. The molecule has 3 aromatic heterocycles. The van der Waals surface area contributed by atoms with E-state index in [-0.39, 0.29) is 0 Å². The first-order chi connectivity index (χ1) is 14.6. The van der Waals surface area contributed by atoms with Gasteiger partial charge < -0.3 is 14.3 Å². The van der Waals surface area contributed by atoms with E-state index in [0.29, 0.717) is 11.4 Å². The third kappa shape index (κ3) is 2.95. The van der Waals surface area contributed by atoms with Crippen LogP contribution in [-0.2, 0) is 11.8 Å². The molecule has 0 radical (unpaired) electrons. The highest BCUT2D eigenvalue weighted by Gasteiger charge is 2.24. The molecule has 0 atom stereocenters. The molecule has 0 aliphatic rings. The molecule has 0 spiro atoms. The van der Waals surface area contributed by atoms with Crippen molar-refractivity contribution in [2.24, 2.45) is 7.05 Å². The molecule has 3 heterocycles. The van der Waals surface area contributed by atoms with E-state index in [9.17, 15) is 9.59 Å². The van der Waals surface area contributed by atoms with Gasteiger partial charge in [-0.1, -0.05) is 36.4 Å². The third-order valence-corrected chi connectivity index (χ3v) is 5.17. The Kier molecular flexibility index (Phi) is 4.17. The molecular formula is C24H18N4O2. The van der Waals surface area contributed by atoms with Crippen LogP contribution in [0.3, 0.4) is 0 Å². The summed E-state index contributed by atoms with van der Waals surface area (Å²) in [6.07, 6.45) is 3.50. The number of nitrogens with one attached hydrogen (secondary N) is 1. The van der Waals surface area contributed by atoms with Gasteiger partial charge in [0.1, 0.15) is 5.69 Å². The minimum atomic E-state index is -0.689. The van der Waals surface area contributed by atoms with Crippen LogP contribution in [0.1, 0.15) is 10.5 Å². The van der Waals surface area contributed by atoms with E-state index in [0.717, 1.165) is 27.7 Å². The van der Waals surface area contributed by atoms with Crippen LogP contribution in [-0.4, -0.2) is 25.6 Å². The van der Waals surface area contributed by atoms with Crippen molar-refractivity contribution in [2.75, 3.05) is 5.32 Å². The smallest absolute Gasteiger partial charge is 0.298 e. The Morgan fingerprint density at radius 1 is 0.933 bits per heavy atom. The maximum absolute atomic E-state index is 13.2. The molecule has 2 aromatic carbocycles. The second-order valence-electron chi connectivity index (χ2n) is 7.11. The summed E-state index contributed by atoms with van der Waals surface area (Å²) in [4.78, 5) is 30.4. The number of carbonyl (C=O) groups excluding carboxylic acids is 2. The van der Waals surface area contributed by atoms with Gasteiger partial charge in [-0.2, -0.15) is 0 Å². The number of aromatic nitrogens is 3. The summed E-state index contributed by atoms with van der Waals surface area (Å²) in [5, 5.41) is 2.72. The number of anilines is 1.